The van der Waals surface area contributed by atoms with E-state index in [4.69, 9.17) is 11.2 Å². The zero-order valence-electron chi connectivity index (χ0n) is 10.3. The summed E-state index contributed by atoms with van der Waals surface area (Å²) in [7, 11) is -1.04. The van der Waals surface area contributed by atoms with Crippen molar-refractivity contribution < 1.29 is 4.74 Å². The third-order valence-electron chi connectivity index (χ3n) is 2.31. The Balaban J connectivity index is 2.48. The summed E-state index contributed by atoms with van der Waals surface area (Å²) in [6.45, 7) is 7.04. The van der Waals surface area contributed by atoms with E-state index in [-0.39, 0.29) is 6.10 Å². The molecule has 1 aromatic carbocycles. The van der Waals surface area contributed by atoms with Crippen molar-refractivity contribution >= 4 is 8.07 Å². The van der Waals surface area contributed by atoms with Crippen LogP contribution in [0.15, 0.2) is 24.3 Å². The second-order valence-electron chi connectivity index (χ2n) is 5.11. The summed E-state index contributed by atoms with van der Waals surface area (Å²) in [5, 5.41) is 0. The van der Waals surface area contributed by atoms with Gasteiger partial charge >= 0.3 is 0 Å². The lowest BCUT2D eigenvalue weighted by Crippen LogP contribution is -2.24. The number of hydrogen-bond acceptors (Lipinski definition) is 1. The first kappa shape index (κ1) is 12.9. The van der Waals surface area contributed by atoms with Crippen LogP contribution in [0.25, 0.3) is 0 Å². The van der Waals surface area contributed by atoms with Crippen LogP contribution in [0.5, 0.6) is 5.75 Å². The summed E-state index contributed by atoms with van der Waals surface area (Å²) in [5.41, 5.74) is 0. The zero-order chi connectivity index (χ0) is 12.0. The largest absolute Gasteiger partial charge is 0.478 e. The molecule has 2 heteroatoms. The molecule has 0 saturated heterocycles. The second-order valence-corrected chi connectivity index (χ2v) is 10.7. The maximum Gasteiger partial charge on any atom is 0.158 e. The SMILES string of the molecule is C#CC(CC[Si](C)(C)C)Oc1cc[c]cc1. The van der Waals surface area contributed by atoms with Gasteiger partial charge in [-0.2, -0.15) is 0 Å². The monoisotopic (exact) mass is 231 g/mol. The van der Waals surface area contributed by atoms with Gasteiger partial charge in [0.1, 0.15) is 5.75 Å². The lowest BCUT2D eigenvalue weighted by molar-refractivity contribution is 0.254. The average molecular weight is 231 g/mol. The topological polar surface area (TPSA) is 9.23 Å². The first-order valence-corrected chi connectivity index (χ1v) is 9.31. The molecule has 0 aliphatic heterocycles. The van der Waals surface area contributed by atoms with E-state index in [9.17, 15) is 0 Å². The standard InChI is InChI=1S/C14H19OSi/c1-5-13(11-12-16(2,3)4)15-14-9-7-6-8-10-14/h1,7-10,13H,11-12H2,2-4H3. The van der Waals surface area contributed by atoms with Crippen LogP contribution in [0, 0.1) is 18.4 Å². The smallest absolute Gasteiger partial charge is 0.158 e. The molecular weight excluding hydrogens is 212 g/mol. The second kappa shape index (κ2) is 5.76. The van der Waals surface area contributed by atoms with Crippen molar-refractivity contribution in [2.75, 3.05) is 0 Å². The minimum atomic E-state index is -1.04. The van der Waals surface area contributed by atoms with Gasteiger partial charge in [-0.25, -0.2) is 0 Å². The van der Waals surface area contributed by atoms with Gasteiger partial charge in [0.2, 0.25) is 0 Å². The van der Waals surface area contributed by atoms with Crippen molar-refractivity contribution in [2.45, 2.75) is 38.2 Å². The Morgan fingerprint density at radius 1 is 1.38 bits per heavy atom. The van der Waals surface area contributed by atoms with Crippen LogP contribution < -0.4 is 4.74 Å². The van der Waals surface area contributed by atoms with Crippen LogP contribution in [0.4, 0.5) is 0 Å². The molecule has 0 aliphatic carbocycles. The lowest BCUT2D eigenvalue weighted by Gasteiger charge is -2.19. The molecule has 1 aromatic rings. The highest BCUT2D eigenvalue weighted by Crippen LogP contribution is 2.17. The molecule has 1 unspecified atom stereocenters. The van der Waals surface area contributed by atoms with E-state index in [1.807, 2.05) is 24.3 Å². The molecule has 1 rings (SSSR count). The predicted octanol–water partition coefficient (Wildman–Crippen LogP) is 3.60. The Bertz CT molecular complexity index is 345. The third-order valence-corrected chi connectivity index (χ3v) is 4.10. The fourth-order valence-corrected chi connectivity index (χ4v) is 2.48. The van der Waals surface area contributed by atoms with Crippen LogP contribution in [0.2, 0.25) is 25.7 Å². The number of terminal acetylenes is 1. The molecule has 0 fully saturated rings. The van der Waals surface area contributed by atoms with Gasteiger partial charge in [-0.3, -0.25) is 0 Å². The Labute approximate surface area is 99.8 Å². The van der Waals surface area contributed by atoms with Crippen LogP contribution in [0.1, 0.15) is 6.42 Å². The van der Waals surface area contributed by atoms with E-state index in [1.54, 1.807) is 0 Å². The fourth-order valence-electron chi connectivity index (χ4n) is 1.35. The summed E-state index contributed by atoms with van der Waals surface area (Å²) < 4.78 is 5.73. The van der Waals surface area contributed by atoms with Crippen LogP contribution in [-0.4, -0.2) is 14.2 Å². The van der Waals surface area contributed by atoms with Gasteiger partial charge in [0.15, 0.2) is 6.10 Å². The van der Waals surface area contributed by atoms with E-state index in [2.05, 4.69) is 31.6 Å². The van der Waals surface area contributed by atoms with Crippen LogP contribution in [0.3, 0.4) is 0 Å². The molecule has 1 nitrogen and oxygen atoms in total. The molecular formula is C14H19OSi. The first-order chi connectivity index (χ1) is 7.51. The summed E-state index contributed by atoms with van der Waals surface area (Å²) in [4.78, 5) is 0. The molecule has 85 valence electrons. The van der Waals surface area contributed by atoms with E-state index < -0.39 is 8.07 Å². The van der Waals surface area contributed by atoms with Crippen molar-refractivity contribution in [3.63, 3.8) is 0 Å². The van der Waals surface area contributed by atoms with Crippen LogP contribution >= 0.6 is 0 Å². The van der Waals surface area contributed by atoms with Gasteiger partial charge in [-0.15, -0.1) is 6.42 Å². The highest BCUT2D eigenvalue weighted by molar-refractivity contribution is 6.76. The molecule has 16 heavy (non-hydrogen) atoms. The van der Waals surface area contributed by atoms with Gasteiger partial charge in [0.05, 0.1) is 0 Å². The first-order valence-electron chi connectivity index (χ1n) is 5.60. The molecule has 0 spiro atoms. The zero-order valence-corrected chi connectivity index (χ0v) is 11.3. The molecule has 0 heterocycles. The summed E-state index contributed by atoms with van der Waals surface area (Å²) >= 11 is 0. The van der Waals surface area contributed by atoms with Gasteiger partial charge in [-0.05, 0) is 24.6 Å². The molecule has 0 bridgehead atoms. The van der Waals surface area contributed by atoms with Crippen molar-refractivity contribution in [2.24, 2.45) is 0 Å². The molecule has 0 amide bonds. The van der Waals surface area contributed by atoms with Gasteiger partial charge in [-0.1, -0.05) is 43.7 Å². The predicted molar refractivity (Wildman–Crippen MR) is 71.3 cm³/mol. The minimum Gasteiger partial charge on any atom is -0.478 e. The van der Waals surface area contributed by atoms with Gasteiger partial charge in [0, 0.05) is 8.07 Å². The summed E-state index contributed by atoms with van der Waals surface area (Å²) in [6, 6.07) is 11.6. The lowest BCUT2D eigenvalue weighted by atomic mass is 10.3. The van der Waals surface area contributed by atoms with Crippen molar-refractivity contribution in [1.82, 2.24) is 0 Å². The number of rotatable bonds is 5. The molecule has 0 N–H and O–H groups in total. The number of benzene rings is 1. The molecule has 1 atom stereocenters. The average Bonchev–Trinajstić information content (AvgIpc) is 2.24. The van der Waals surface area contributed by atoms with Gasteiger partial charge < -0.3 is 4.74 Å². The number of ether oxygens (including phenoxy) is 1. The number of hydrogen-bond donors (Lipinski definition) is 0. The Kier molecular flexibility index (Phi) is 4.64. The van der Waals surface area contributed by atoms with Crippen molar-refractivity contribution in [1.29, 1.82) is 0 Å². The highest BCUT2D eigenvalue weighted by Gasteiger charge is 2.16. The Morgan fingerprint density at radius 3 is 2.50 bits per heavy atom. The minimum absolute atomic E-state index is 0.103. The summed E-state index contributed by atoms with van der Waals surface area (Å²) in [5.74, 6) is 3.54. The quantitative estimate of drug-likeness (QED) is 0.556. The van der Waals surface area contributed by atoms with E-state index in [0.29, 0.717) is 0 Å². The van der Waals surface area contributed by atoms with E-state index in [1.165, 1.54) is 6.04 Å². The molecule has 0 aromatic heterocycles. The van der Waals surface area contributed by atoms with Crippen LogP contribution in [-0.2, 0) is 0 Å². The van der Waals surface area contributed by atoms with E-state index >= 15 is 0 Å². The normalized spacial score (nSPS) is 12.9. The van der Waals surface area contributed by atoms with Crippen molar-refractivity contribution in [3.8, 4) is 18.1 Å². The maximum absolute atomic E-state index is 5.73. The van der Waals surface area contributed by atoms with Crippen molar-refractivity contribution in [3.05, 3.63) is 30.3 Å². The third kappa shape index (κ3) is 5.04. The van der Waals surface area contributed by atoms with Gasteiger partial charge in [0.25, 0.3) is 0 Å². The Morgan fingerprint density at radius 2 is 2.00 bits per heavy atom. The molecule has 1 radical (unpaired) electrons. The molecule has 0 aliphatic rings. The van der Waals surface area contributed by atoms with E-state index in [0.717, 1.165) is 12.2 Å². The molecule has 0 saturated carbocycles. The Hall–Kier alpha value is -1.20. The highest BCUT2D eigenvalue weighted by atomic mass is 28.3. The summed E-state index contributed by atoms with van der Waals surface area (Å²) in [6.07, 6.45) is 6.33. The fraction of sp³-hybridized carbons (Fsp3) is 0.429. The maximum atomic E-state index is 5.73.